The van der Waals surface area contributed by atoms with Gasteiger partial charge in [0, 0.05) is 0 Å². The van der Waals surface area contributed by atoms with Gasteiger partial charge in [-0.05, 0) is 166 Å². The molecule has 0 aromatic heterocycles. The van der Waals surface area contributed by atoms with Gasteiger partial charge in [-0.1, -0.05) is 20.8 Å². The minimum atomic E-state index is 1.09. The highest BCUT2D eigenvalue weighted by molar-refractivity contribution is 5.42. The van der Waals surface area contributed by atoms with Crippen LogP contribution in [-0.2, 0) is 0 Å². The monoisotopic (exact) mass is 410 g/mol. The standard InChI is InChI=1S/C31H38/c1-5-4-8-9(5)13-12(8)16-17(13)21-20(16)24-25(21)29-28(24)30-26-22-18-14-10-6(2)7(3)11(10)15(14)19(18)23(22)27(26)31(29)30/h5-31H,4H2,1-3H3/t5-,6-,7?,8+,9?,10-,11?,12+,13?,14-,15?,16+,17?,18-,19?,20+,21?,22-,23?,24+,25?,26-,27?,28+,29?,30+,31?/m1/s1. The summed E-state index contributed by atoms with van der Waals surface area (Å²) in [6.45, 7) is 7.81. The summed E-state index contributed by atoms with van der Waals surface area (Å²) in [5.41, 5.74) is 0. The first kappa shape index (κ1) is 15.1. The van der Waals surface area contributed by atoms with Gasteiger partial charge >= 0.3 is 0 Å². The Labute approximate surface area is 187 Å². The Balaban J connectivity index is 0.801. The molecular formula is C31H38. The molecule has 0 aromatic rings. The fraction of sp³-hybridized carbons (Fsp3) is 1.00. The molecule has 0 bridgehead atoms. The van der Waals surface area contributed by atoms with Gasteiger partial charge in [0.25, 0.3) is 0 Å². The minimum absolute atomic E-state index is 1.09. The minimum Gasteiger partial charge on any atom is -0.0622 e. The van der Waals surface area contributed by atoms with Gasteiger partial charge in [-0.2, -0.15) is 0 Å². The molecule has 0 aliphatic heterocycles. The largest absolute Gasteiger partial charge is 0.0622 e. The lowest BCUT2D eigenvalue weighted by molar-refractivity contribution is -0.525. The van der Waals surface area contributed by atoms with Crippen molar-refractivity contribution in [3.05, 3.63) is 0 Å². The maximum absolute atomic E-state index is 2.61. The summed E-state index contributed by atoms with van der Waals surface area (Å²) in [6, 6.07) is 0. The lowest BCUT2D eigenvalue weighted by Crippen LogP contribution is -2.96. The van der Waals surface area contributed by atoms with Crippen molar-refractivity contribution in [2.24, 2.45) is 160 Å². The van der Waals surface area contributed by atoms with E-state index in [0.717, 1.165) is 17.8 Å². The molecule has 27 atom stereocenters. The maximum Gasteiger partial charge on any atom is -0.0312 e. The molecule has 162 valence electrons. The number of rotatable bonds is 0. The van der Waals surface area contributed by atoms with Gasteiger partial charge in [-0.25, -0.2) is 0 Å². The molecule has 0 saturated heterocycles. The molecule has 0 spiro atoms. The molecule has 13 saturated carbocycles. The van der Waals surface area contributed by atoms with E-state index in [1.54, 1.807) is 6.42 Å². The number of hydrogen-bond donors (Lipinski definition) is 0. The predicted molar refractivity (Wildman–Crippen MR) is 116 cm³/mol. The third-order valence-electron chi connectivity index (χ3n) is 18.6. The molecule has 13 aliphatic carbocycles. The molecule has 31 heavy (non-hydrogen) atoms. The molecule has 0 heteroatoms. The van der Waals surface area contributed by atoms with Crippen LogP contribution in [0.3, 0.4) is 0 Å². The Kier molecular flexibility index (Phi) is 1.83. The van der Waals surface area contributed by atoms with E-state index in [0.29, 0.717) is 0 Å². The molecule has 13 aliphatic rings. The molecule has 0 N–H and O–H groups in total. The van der Waals surface area contributed by atoms with Crippen molar-refractivity contribution >= 4 is 0 Å². The average molecular weight is 411 g/mol. The molecular weight excluding hydrogens is 372 g/mol. The first-order valence-corrected chi connectivity index (χ1v) is 15.2. The summed E-state index contributed by atoms with van der Waals surface area (Å²) in [7, 11) is 0. The Bertz CT molecular complexity index is 1040. The Hall–Kier alpha value is 0. The number of fused-ring (bicyclic) bond motifs is 34. The first-order valence-electron chi connectivity index (χ1n) is 15.2. The highest BCUT2D eigenvalue weighted by Gasteiger charge is 2.95. The summed E-state index contributed by atoms with van der Waals surface area (Å²) in [5.74, 6) is 34.1. The molecule has 0 radical (unpaired) electrons. The van der Waals surface area contributed by atoms with E-state index < -0.39 is 0 Å². The predicted octanol–water partition coefficient (Wildman–Crippen LogP) is 5.25. The highest BCUT2D eigenvalue weighted by Crippen LogP contribution is 2.98. The van der Waals surface area contributed by atoms with Crippen LogP contribution in [0, 0.1) is 160 Å². The molecule has 0 aromatic carbocycles. The van der Waals surface area contributed by atoms with Crippen LogP contribution in [0.25, 0.3) is 0 Å². The van der Waals surface area contributed by atoms with Crippen LogP contribution in [0.1, 0.15) is 27.2 Å². The van der Waals surface area contributed by atoms with Gasteiger partial charge in [0.05, 0.1) is 0 Å². The summed E-state index contributed by atoms with van der Waals surface area (Å²) >= 11 is 0. The van der Waals surface area contributed by atoms with E-state index in [-0.39, 0.29) is 0 Å². The van der Waals surface area contributed by atoms with Crippen LogP contribution in [0.15, 0.2) is 0 Å². The fourth-order valence-electron chi connectivity index (χ4n) is 18.4. The molecule has 0 nitrogen and oxygen atoms in total. The smallest absolute Gasteiger partial charge is 0.0312 e. The van der Waals surface area contributed by atoms with Crippen molar-refractivity contribution in [3.63, 3.8) is 0 Å². The zero-order valence-corrected chi connectivity index (χ0v) is 19.3. The average Bonchev–Trinajstić information content (AvgIpc) is 2.69. The van der Waals surface area contributed by atoms with E-state index in [2.05, 4.69) is 20.8 Å². The fourth-order valence-corrected chi connectivity index (χ4v) is 18.4. The lowest BCUT2D eigenvalue weighted by Gasteiger charge is -2.99. The van der Waals surface area contributed by atoms with Crippen molar-refractivity contribution in [2.75, 3.05) is 0 Å². The molecule has 13 unspecified atom stereocenters. The molecule has 0 heterocycles. The molecule has 0 amide bonds. The normalized spacial score (nSPS) is 95.1. The molecule has 13 fully saturated rings. The number of hydrogen-bond acceptors (Lipinski definition) is 0. The molecule has 13 rings (SSSR count). The van der Waals surface area contributed by atoms with Crippen LogP contribution >= 0.6 is 0 Å². The van der Waals surface area contributed by atoms with E-state index >= 15 is 0 Å². The van der Waals surface area contributed by atoms with Gasteiger partial charge < -0.3 is 0 Å². The summed E-state index contributed by atoms with van der Waals surface area (Å²) < 4.78 is 0. The first-order chi connectivity index (χ1) is 15.2. The van der Waals surface area contributed by atoms with Gasteiger partial charge in [0.2, 0.25) is 0 Å². The van der Waals surface area contributed by atoms with Gasteiger partial charge in [0.15, 0.2) is 0 Å². The third kappa shape index (κ3) is 0.966. The Morgan fingerprint density at radius 2 is 0.548 bits per heavy atom. The van der Waals surface area contributed by atoms with Crippen molar-refractivity contribution in [3.8, 4) is 0 Å². The van der Waals surface area contributed by atoms with Crippen molar-refractivity contribution < 1.29 is 0 Å². The summed E-state index contributed by atoms with van der Waals surface area (Å²) in [4.78, 5) is 0. The zero-order valence-electron chi connectivity index (χ0n) is 19.3. The second-order valence-electron chi connectivity index (χ2n) is 16.9. The van der Waals surface area contributed by atoms with E-state index in [9.17, 15) is 0 Å². The van der Waals surface area contributed by atoms with Crippen LogP contribution < -0.4 is 0 Å². The van der Waals surface area contributed by atoms with E-state index in [1.165, 1.54) is 142 Å². The van der Waals surface area contributed by atoms with Crippen molar-refractivity contribution in [2.45, 2.75) is 27.2 Å². The lowest BCUT2D eigenvalue weighted by atomic mass is 9.05. The zero-order chi connectivity index (χ0) is 19.3. The topological polar surface area (TPSA) is 0 Å². The maximum atomic E-state index is 2.61. The second kappa shape index (κ2) is 3.75. The van der Waals surface area contributed by atoms with Gasteiger partial charge in [-0.3, -0.25) is 0 Å². The van der Waals surface area contributed by atoms with Crippen LogP contribution in [0.2, 0.25) is 0 Å². The third-order valence-corrected chi connectivity index (χ3v) is 18.6. The van der Waals surface area contributed by atoms with E-state index in [1.807, 2.05) is 0 Å². The van der Waals surface area contributed by atoms with Crippen LogP contribution in [0.5, 0.6) is 0 Å². The van der Waals surface area contributed by atoms with Crippen LogP contribution in [0.4, 0.5) is 0 Å². The van der Waals surface area contributed by atoms with Crippen molar-refractivity contribution in [1.29, 1.82) is 0 Å². The van der Waals surface area contributed by atoms with Crippen molar-refractivity contribution in [1.82, 2.24) is 0 Å². The van der Waals surface area contributed by atoms with Gasteiger partial charge in [0.1, 0.15) is 0 Å². The summed E-state index contributed by atoms with van der Waals surface area (Å²) in [6.07, 6.45) is 1.63. The quantitative estimate of drug-likeness (QED) is 0.479. The Morgan fingerprint density at radius 1 is 0.290 bits per heavy atom. The SMILES string of the molecule is CC1C2C3C4C5C6C7C8C9C%10C%11C%12C%13[C@H](C)C[C@@H]%13[C@@H]%12[C@@H]%11[C@@H]%10[C@@H]9[C@@H]8[C@@H]7[C@@H]6[C@@H]5[C@@H]4[C@@H]3[C@@H]2[C@@H]1C. The Morgan fingerprint density at radius 3 is 0.871 bits per heavy atom. The highest BCUT2D eigenvalue weighted by atomic mass is 15.0. The summed E-state index contributed by atoms with van der Waals surface area (Å²) in [5, 5.41) is 0. The van der Waals surface area contributed by atoms with E-state index in [4.69, 9.17) is 0 Å². The second-order valence-corrected chi connectivity index (χ2v) is 16.9. The van der Waals surface area contributed by atoms with Crippen LogP contribution in [-0.4, -0.2) is 0 Å². The van der Waals surface area contributed by atoms with Gasteiger partial charge in [-0.15, -0.1) is 0 Å².